The zero-order valence-electron chi connectivity index (χ0n) is 20.2. The Labute approximate surface area is 176 Å². The highest BCUT2D eigenvalue weighted by Gasteiger charge is 2.48. The van der Waals surface area contributed by atoms with Crippen LogP contribution in [0, 0.1) is 5.92 Å². The zero-order valence-corrected chi connectivity index (χ0v) is 22.2. The van der Waals surface area contributed by atoms with Gasteiger partial charge < -0.3 is 18.6 Å². The zero-order chi connectivity index (χ0) is 22.0. The Morgan fingerprint density at radius 3 is 1.75 bits per heavy atom. The summed E-state index contributed by atoms with van der Waals surface area (Å²) >= 11 is 0. The molecule has 1 atom stereocenters. The number of nitrogens with one attached hydrogen (secondary N) is 1. The van der Waals surface area contributed by atoms with Gasteiger partial charge in [0.15, 0.2) is 0 Å². The second-order valence-corrected chi connectivity index (χ2v) is 17.7. The number of hydrogen-bond acceptors (Lipinski definition) is 5. The van der Waals surface area contributed by atoms with Gasteiger partial charge in [0.05, 0.1) is 5.92 Å². The molecule has 0 aromatic rings. The van der Waals surface area contributed by atoms with Gasteiger partial charge in [-0.1, -0.05) is 48.5 Å². The Hall–Kier alpha value is -0.216. The SMILES string of the molecule is CCO[Si](C)(CCCNCC(C)C(=O)O[Si](C(C)C)(C(C)C)C(C)C)OCC. The van der Waals surface area contributed by atoms with Gasteiger partial charge in [0.2, 0.25) is 0 Å². The van der Waals surface area contributed by atoms with E-state index in [1.54, 1.807) is 0 Å². The van der Waals surface area contributed by atoms with E-state index >= 15 is 0 Å². The maximum absolute atomic E-state index is 12.8. The normalized spacial score (nSPS) is 14.2. The number of rotatable bonds is 15. The number of carbonyl (C=O) groups excluding carboxylic acids is 1. The molecule has 0 aliphatic heterocycles. The number of carbonyl (C=O) groups is 1. The van der Waals surface area contributed by atoms with Crippen LogP contribution in [0.3, 0.4) is 0 Å². The lowest BCUT2D eigenvalue weighted by Crippen LogP contribution is -2.50. The molecule has 1 N–H and O–H groups in total. The van der Waals surface area contributed by atoms with Crippen molar-refractivity contribution >= 4 is 22.8 Å². The lowest BCUT2D eigenvalue weighted by Gasteiger charge is -2.41. The molecule has 0 spiro atoms. The van der Waals surface area contributed by atoms with Gasteiger partial charge >= 0.3 is 8.56 Å². The molecule has 0 aliphatic carbocycles. The first-order valence-electron chi connectivity index (χ1n) is 11.2. The lowest BCUT2D eigenvalue weighted by atomic mass is 10.2. The van der Waals surface area contributed by atoms with Crippen LogP contribution in [-0.2, 0) is 18.1 Å². The van der Waals surface area contributed by atoms with Crippen LogP contribution < -0.4 is 5.32 Å². The second-order valence-electron chi connectivity index (χ2n) is 8.95. The van der Waals surface area contributed by atoms with Gasteiger partial charge in [0.1, 0.15) is 0 Å². The Balaban J connectivity index is 4.56. The van der Waals surface area contributed by atoms with E-state index in [-0.39, 0.29) is 11.9 Å². The molecule has 0 amide bonds. The van der Waals surface area contributed by atoms with Crippen molar-refractivity contribution < 1.29 is 18.1 Å². The first-order valence-corrected chi connectivity index (χ1v) is 15.8. The van der Waals surface area contributed by atoms with Gasteiger partial charge in [0, 0.05) is 19.8 Å². The van der Waals surface area contributed by atoms with Gasteiger partial charge in [-0.05, 0) is 56.0 Å². The molecule has 0 heterocycles. The van der Waals surface area contributed by atoms with Gasteiger partial charge in [-0.3, -0.25) is 4.79 Å². The van der Waals surface area contributed by atoms with E-state index in [2.05, 4.69) is 53.4 Å². The summed E-state index contributed by atoms with van der Waals surface area (Å²) in [6.45, 7) is 24.3. The molecule has 0 saturated heterocycles. The smallest absolute Gasteiger partial charge is 0.334 e. The van der Waals surface area contributed by atoms with Gasteiger partial charge in [0.25, 0.3) is 14.3 Å². The van der Waals surface area contributed by atoms with E-state index in [0.717, 1.165) is 19.0 Å². The lowest BCUT2D eigenvalue weighted by molar-refractivity contribution is -0.139. The quantitative estimate of drug-likeness (QED) is 0.274. The molecule has 0 radical (unpaired) electrons. The van der Waals surface area contributed by atoms with Gasteiger partial charge in [-0.25, -0.2) is 0 Å². The molecule has 168 valence electrons. The maximum Gasteiger partial charge on any atom is 0.334 e. The van der Waals surface area contributed by atoms with Crippen molar-refractivity contribution in [2.24, 2.45) is 5.92 Å². The van der Waals surface area contributed by atoms with E-state index in [1.165, 1.54) is 0 Å². The van der Waals surface area contributed by atoms with Gasteiger partial charge in [-0.2, -0.15) is 0 Å². The Morgan fingerprint density at radius 2 is 1.36 bits per heavy atom. The molecule has 0 rings (SSSR count). The van der Waals surface area contributed by atoms with Crippen molar-refractivity contribution in [3.8, 4) is 0 Å². The molecule has 7 heteroatoms. The van der Waals surface area contributed by atoms with Crippen molar-refractivity contribution in [2.45, 2.75) is 97.9 Å². The molecular weight excluding hydrogens is 386 g/mol. The van der Waals surface area contributed by atoms with Crippen LogP contribution >= 0.6 is 0 Å². The first kappa shape index (κ1) is 27.8. The summed E-state index contributed by atoms with van der Waals surface area (Å²) in [4.78, 5) is 12.8. The highest BCUT2D eigenvalue weighted by atomic mass is 28.4. The summed E-state index contributed by atoms with van der Waals surface area (Å²) in [5.74, 6) is -0.177. The fourth-order valence-corrected chi connectivity index (χ4v) is 12.0. The first-order chi connectivity index (χ1) is 13.0. The average molecular weight is 434 g/mol. The largest absolute Gasteiger partial charge is 0.518 e. The molecular formula is C21H47NO4Si2. The topological polar surface area (TPSA) is 56.8 Å². The third-order valence-electron chi connectivity index (χ3n) is 5.72. The fraction of sp³-hybridized carbons (Fsp3) is 0.952. The third kappa shape index (κ3) is 8.26. The van der Waals surface area contributed by atoms with E-state index in [1.807, 2.05) is 20.8 Å². The summed E-state index contributed by atoms with van der Waals surface area (Å²) in [6.07, 6.45) is 0.993. The maximum atomic E-state index is 12.8. The molecule has 0 aromatic carbocycles. The Morgan fingerprint density at radius 1 is 0.893 bits per heavy atom. The summed E-state index contributed by atoms with van der Waals surface area (Å²) in [5, 5.41) is 3.42. The third-order valence-corrected chi connectivity index (χ3v) is 14.8. The van der Waals surface area contributed by atoms with Crippen molar-refractivity contribution in [1.29, 1.82) is 0 Å². The van der Waals surface area contributed by atoms with E-state index in [4.69, 9.17) is 13.3 Å². The van der Waals surface area contributed by atoms with Crippen LogP contribution in [0.2, 0.25) is 29.2 Å². The van der Waals surface area contributed by atoms with Crippen LogP contribution in [0.25, 0.3) is 0 Å². The molecule has 1 unspecified atom stereocenters. The summed E-state index contributed by atoms with van der Waals surface area (Å²) < 4.78 is 18.0. The van der Waals surface area contributed by atoms with Crippen LogP contribution in [0.15, 0.2) is 0 Å². The van der Waals surface area contributed by atoms with Crippen LogP contribution in [-0.4, -0.2) is 49.2 Å². The molecule has 0 fully saturated rings. The monoisotopic (exact) mass is 433 g/mol. The minimum atomic E-state index is -2.16. The average Bonchev–Trinajstić information content (AvgIpc) is 2.58. The summed E-state index contributed by atoms with van der Waals surface area (Å²) in [6, 6.07) is 0.963. The Bertz CT molecular complexity index is 416. The van der Waals surface area contributed by atoms with Crippen LogP contribution in [0.5, 0.6) is 0 Å². The molecule has 0 aromatic heterocycles. The standard InChI is InChI=1S/C21H47NO4Si2/c1-11-24-27(10,25-12-2)15-13-14-22-16-20(9)21(23)26-28(17(3)4,18(5)6)19(7)8/h17-20,22H,11-16H2,1-10H3. The minimum absolute atomic E-state index is 0.0434. The predicted molar refractivity (Wildman–Crippen MR) is 123 cm³/mol. The van der Waals surface area contributed by atoms with Crippen LogP contribution in [0.1, 0.15) is 68.7 Å². The summed E-state index contributed by atoms with van der Waals surface area (Å²) in [7, 11) is -4.20. The van der Waals surface area contributed by atoms with Gasteiger partial charge in [-0.15, -0.1) is 0 Å². The highest BCUT2D eigenvalue weighted by molar-refractivity contribution is 6.78. The molecule has 28 heavy (non-hydrogen) atoms. The van der Waals surface area contributed by atoms with E-state index in [0.29, 0.717) is 36.4 Å². The fourth-order valence-electron chi connectivity index (χ4n) is 4.36. The van der Waals surface area contributed by atoms with Crippen LogP contribution in [0.4, 0.5) is 0 Å². The second kappa shape index (κ2) is 13.2. The van der Waals surface area contributed by atoms with Crippen molar-refractivity contribution in [3.05, 3.63) is 0 Å². The molecule has 0 bridgehead atoms. The van der Waals surface area contributed by atoms with Crippen molar-refractivity contribution in [3.63, 3.8) is 0 Å². The van der Waals surface area contributed by atoms with Crippen molar-refractivity contribution in [2.75, 3.05) is 26.3 Å². The molecule has 0 saturated carbocycles. The van der Waals surface area contributed by atoms with Crippen molar-refractivity contribution in [1.82, 2.24) is 5.32 Å². The summed E-state index contributed by atoms with van der Waals surface area (Å²) in [5.41, 5.74) is 1.24. The number of hydrogen-bond donors (Lipinski definition) is 1. The van der Waals surface area contributed by atoms with E-state index < -0.39 is 16.9 Å². The minimum Gasteiger partial charge on any atom is -0.518 e. The molecule has 5 nitrogen and oxygen atoms in total. The highest BCUT2D eigenvalue weighted by Crippen LogP contribution is 2.42. The van der Waals surface area contributed by atoms with E-state index in [9.17, 15) is 4.79 Å². The predicted octanol–water partition coefficient (Wildman–Crippen LogP) is 5.47. The Kier molecular flexibility index (Phi) is 13.1. The molecule has 0 aliphatic rings.